The molecule has 1 atom stereocenters. The highest BCUT2D eigenvalue weighted by Gasteiger charge is 2.16. The van der Waals surface area contributed by atoms with Crippen LogP contribution in [0.1, 0.15) is 54.7 Å². The molecule has 2 N–H and O–H groups in total. The van der Waals surface area contributed by atoms with Crippen LogP contribution in [0, 0.1) is 12.8 Å². The number of hydrogen-bond donors (Lipinski definition) is 2. The molecule has 0 unspecified atom stereocenters. The Morgan fingerprint density at radius 2 is 1.83 bits per heavy atom. The molecular formula is C23H30N2O3S. The molecule has 0 bridgehead atoms. The Morgan fingerprint density at radius 1 is 1.14 bits per heavy atom. The topological polar surface area (TPSA) is 59.6 Å². The lowest BCUT2D eigenvalue weighted by molar-refractivity contribution is 0.0526. The standard InChI is InChI=1S/C23H30N2O3S/c1-6-28-22(26)18-9-12-20(16(4)14-18)24-23(29)25-21(13-15(2)3)17-7-10-19(27-5)11-8-17/h7-12,14-15,21H,6,13H2,1-5H3,(H2,24,25,29)/t21-/m1/s1. The average Bonchev–Trinajstić information content (AvgIpc) is 2.69. The molecule has 0 fully saturated rings. The molecule has 0 saturated heterocycles. The monoisotopic (exact) mass is 414 g/mol. The number of benzene rings is 2. The predicted molar refractivity (Wildman–Crippen MR) is 122 cm³/mol. The predicted octanol–water partition coefficient (Wildman–Crippen LogP) is 5.25. The van der Waals surface area contributed by atoms with Crippen LogP contribution < -0.4 is 15.4 Å². The van der Waals surface area contributed by atoms with E-state index in [1.54, 1.807) is 26.2 Å². The van der Waals surface area contributed by atoms with E-state index in [1.807, 2.05) is 25.1 Å². The van der Waals surface area contributed by atoms with Gasteiger partial charge in [-0.1, -0.05) is 26.0 Å². The highest BCUT2D eigenvalue weighted by molar-refractivity contribution is 7.80. The molecule has 0 aliphatic carbocycles. The van der Waals surface area contributed by atoms with E-state index in [-0.39, 0.29) is 12.0 Å². The van der Waals surface area contributed by atoms with Gasteiger partial charge in [0.2, 0.25) is 0 Å². The molecular weight excluding hydrogens is 384 g/mol. The fourth-order valence-electron chi connectivity index (χ4n) is 3.05. The number of carbonyl (C=O) groups excluding carboxylic acids is 1. The second-order valence-corrected chi connectivity index (χ2v) is 7.71. The van der Waals surface area contributed by atoms with Gasteiger partial charge in [0, 0.05) is 5.69 Å². The number of aryl methyl sites for hydroxylation is 1. The minimum absolute atomic E-state index is 0.0833. The van der Waals surface area contributed by atoms with Gasteiger partial charge >= 0.3 is 5.97 Å². The molecule has 0 heterocycles. The third-order valence-corrected chi connectivity index (χ3v) is 4.74. The molecule has 0 aliphatic rings. The zero-order chi connectivity index (χ0) is 21.4. The van der Waals surface area contributed by atoms with Gasteiger partial charge in [-0.3, -0.25) is 0 Å². The van der Waals surface area contributed by atoms with Crippen molar-refractivity contribution in [3.63, 3.8) is 0 Å². The summed E-state index contributed by atoms with van der Waals surface area (Å²) in [5.74, 6) is 1.01. The normalized spacial score (nSPS) is 11.7. The zero-order valence-electron chi connectivity index (χ0n) is 17.7. The summed E-state index contributed by atoms with van der Waals surface area (Å²) in [4.78, 5) is 11.9. The van der Waals surface area contributed by atoms with Crippen molar-refractivity contribution < 1.29 is 14.3 Å². The van der Waals surface area contributed by atoms with Crippen molar-refractivity contribution >= 4 is 29.0 Å². The first-order valence-corrected chi connectivity index (χ1v) is 10.2. The summed E-state index contributed by atoms with van der Waals surface area (Å²) in [5, 5.41) is 7.21. The van der Waals surface area contributed by atoms with Gasteiger partial charge in [0.15, 0.2) is 5.11 Å². The third-order valence-electron chi connectivity index (χ3n) is 4.52. The highest BCUT2D eigenvalue weighted by atomic mass is 32.1. The first-order valence-electron chi connectivity index (χ1n) is 9.83. The zero-order valence-corrected chi connectivity index (χ0v) is 18.6. The SMILES string of the molecule is CCOC(=O)c1ccc(NC(=S)N[C@H](CC(C)C)c2ccc(OC)cc2)c(C)c1. The van der Waals surface area contributed by atoms with E-state index >= 15 is 0 Å². The van der Waals surface area contributed by atoms with Crippen molar-refractivity contribution in [3.05, 3.63) is 59.2 Å². The Balaban J connectivity index is 2.10. The summed E-state index contributed by atoms with van der Waals surface area (Å²) in [7, 11) is 1.66. The molecule has 0 aromatic heterocycles. The van der Waals surface area contributed by atoms with Gasteiger partial charge in [-0.15, -0.1) is 0 Å². The second kappa shape index (κ2) is 10.8. The van der Waals surface area contributed by atoms with Crippen LogP contribution >= 0.6 is 12.2 Å². The lowest BCUT2D eigenvalue weighted by atomic mass is 9.97. The molecule has 2 rings (SSSR count). The number of esters is 1. The van der Waals surface area contributed by atoms with E-state index in [9.17, 15) is 4.79 Å². The third kappa shape index (κ3) is 6.75. The Labute approximate surface area is 178 Å². The van der Waals surface area contributed by atoms with Crippen LogP contribution in [0.5, 0.6) is 5.75 Å². The molecule has 29 heavy (non-hydrogen) atoms. The highest BCUT2D eigenvalue weighted by Crippen LogP contribution is 2.24. The number of anilines is 1. The molecule has 0 spiro atoms. The van der Waals surface area contributed by atoms with E-state index in [0.717, 1.165) is 29.0 Å². The number of rotatable bonds is 8. The Morgan fingerprint density at radius 3 is 2.38 bits per heavy atom. The minimum Gasteiger partial charge on any atom is -0.497 e. The largest absolute Gasteiger partial charge is 0.497 e. The van der Waals surface area contributed by atoms with E-state index in [1.165, 1.54) is 0 Å². The smallest absolute Gasteiger partial charge is 0.338 e. The van der Waals surface area contributed by atoms with Crippen LogP contribution in [0.25, 0.3) is 0 Å². The summed E-state index contributed by atoms with van der Waals surface area (Å²) < 4.78 is 10.3. The molecule has 156 valence electrons. The summed E-state index contributed by atoms with van der Waals surface area (Å²) in [6, 6.07) is 13.5. The molecule has 0 saturated carbocycles. The van der Waals surface area contributed by atoms with Gasteiger partial charge in [-0.25, -0.2) is 4.79 Å². The Hall–Kier alpha value is -2.60. The van der Waals surface area contributed by atoms with Gasteiger partial charge in [0.25, 0.3) is 0 Å². The number of thiocarbonyl (C=S) groups is 1. The van der Waals surface area contributed by atoms with Gasteiger partial charge < -0.3 is 20.1 Å². The Kier molecular flexibility index (Phi) is 8.46. The molecule has 6 heteroatoms. The summed E-state index contributed by atoms with van der Waals surface area (Å²) >= 11 is 5.56. The van der Waals surface area contributed by atoms with Crippen molar-refractivity contribution in [3.8, 4) is 5.75 Å². The van der Waals surface area contributed by atoms with Crippen molar-refractivity contribution in [2.24, 2.45) is 5.92 Å². The molecule has 0 radical (unpaired) electrons. The maximum atomic E-state index is 11.9. The van der Waals surface area contributed by atoms with Crippen LogP contribution in [0.15, 0.2) is 42.5 Å². The van der Waals surface area contributed by atoms with Crippen LogP contribution in [0.2, 0.25) is 0 Å². The lowest BCUT2D eigenvalue weighted by Crippen LogP contribution is -2.33. The van der Waals surface area contributed by atoms with Gasteiger partial charge in [-0.2, -0.15) is 0 Å². The fraction of sp³-hybridized carbons (Fsp3) is 0.391. The summed E-state index contributed by atoms with van der Waals surface area (Å²) in [5.41, 5.74) is 3.46. The molecule has 0 aliphatic heterocycles. The second-order valence-electron chi connectivity index (χ2n) is 7.30. The molecule has 5 nitrogen and oxygen atoms in total. The van der Waals surface area contributed by atoms with E-state index in [4.69, 9.17) is 21.7 Å². The van der Waals surface area contributed by atoms with Crippen molar-refractivity contribution in [2.45, 2.75) is 40.2 Å². The summed E-state index contributed by atoms with van der Waals surface area (Å²) in [6.07, 6.45) is 0.939. The molecule has 2 aromatic carbocycles. The van der Waals surface area contributed by atoms with E-state index < -0.39 is 0 Å². The summed E-state index contributed by atoms with van der Waals surface area (Å²) in [6.45, 7) is 8.46. The van der Waals surface area contributed by atoms with Crippen LogP contribution in [0.4, 0.5) is 5.69 Å². The first kappa shape index (κ1) is 22.7. The van der Waals surface area contributed by atoms with Gasteiger partial charge in [-0.05, 0) is 79.9 Å². The molecule has 0 amide bonds. The van der Waals surface area contributed by atoms with Crippen LogP contribution in [-0.2, 0) is 4.74 Å². The van der Waals surface area contributed by atoms with Gasteiger partial charge in [0.1, 0.15) is 5.75 Å². The van der Waals surface area contributed by atoms with Gasteiger partial charge in [0.05, 0.1) is 25.3 Å². The maximum Gasteiger partial charge on any atom is 0.338 e. The van der Waals surface area contributed by atoms with E-state index in [2.05, 4.69) is 36.6 Å². The maximum absolute atomic E-state index is 11.9. The van der Waals surface area contributed by atoms with Crippen molar-refractivity contribution in [2.75, 3.05) is 19.0 Å². The van der Waals surface area contributed by atoms with Crippen molar-refractivity contribution in [1.82, 2.24) is 5.32 Å². The molecule has 2 aromatic rings. The first-order chi connectivity index (χ1) is 13.8. The quantitative estimate of drug-likeness (QED) is 0.454. The minimum atomic E-state index is -0.320. The number of carbonyl (C=O) groups is 1. The Bertz CT molecular complexity index is 835. The lowest BCUT2D eigenvalue weighted by Gasteiger charge is -2.24. The average molecular weight is 415 g/mol. The van der Waals surface area contributed by atoms with Crippen LogP contribution in [-0.4, -0.2) is 24.8 Å². The number of nitrogens with one attached hydrogen (secondary N) is 2. The van der Waals surface area contributed by atoms with Crippen molar-refractivity contribution in [1.29, 1.82) is 0 Å². The number of methoxy groups -OCH3 is 1. The van der Waals surface area contributed by atoms with Crippen LogP contribution in [0.3, 0.4) is 0 Å². The number of ether oxygens (including phenoxy) is 2. The van der Waals surface area contributed by atoms with E-state index in [0.29, 0.717) is 23.2 Å². The number of hydrogen-bond acceptors (Lipinski definition) is 4. The fourth-order valence-corrected chi connectivity index (χ4v) is 3.30.